The summed E-state index contributed by atoms with van der Waals surface area (Å²) in [5, 5.41) is 0. The van der Waals surface area contributed by atoms with Gasteiger partial charge in [-0.15, -0.1) is 0 Å². The van der Waals surface area contributed by atoms with Crippen LogP contribution in [0, 0.1) is 25.5 Å². The summed E-state index contributed by atoms with van der Waals surface area (Å²) >= 11 is 0. The van der Waals surface area contributed by atoms with Crippen LogP contribution < -0.4 is 9.04 Å². The van der Waals surface area contributed by atoms with Gasteiger partial charge < -0.3 is 4.74 Å². The number of rotatable bonds is 6. The SMILES string of the molecule is COc1cccc(C(C)N(c2ccc(C)c(F)c2)S(=O)(=O)c2ccc(F)cc2C)c1. The highest BCUT2D eigenvalue weighted by Crippen LogP contribution is 2.36. The van der Waals surface area contributed by atoms with E-state index in [1.165, 1.54) is 32.2 Å². The van der Waals surface area contributed by atoms with Gasteiger partial charge in [0.1, 0.15) is 17.4 Å². The predicted octanol–water partition coefficient (Wildman–Crippen LogP) is 5.55. The molecular formula is C23H23F2NO3S. The van der Waals surface area contributed by atoms with Crippen molar-refractivity contribution in [2.45, 2.75) is 31.7 Å². The van der Waals surface area contributed by atoms with Crippen LogP contribution in [-0.4, -0.2) is 15.5 Å². The van der Waals surface area contributed by atoms with E-state index in [1.54, 1.807) is 44.2 Å². The van der Waals surface area contributed by atoms with Gasteiger partial charge in [0.2, 0.25) is 0 Å². The van der Waals surface area contributed by atoms with Gasteiger partial charge in [-0.25, -0.2) is 17.2 Å². The Kier molecular flexibility index (Phi) is 6.12. The number of halogens is 2. The lowest BCUT2D eigenvalue weighted by atomic mass is 10.1. The lowest BCUT2D eigenvalue weighted by Crippen LogP contribution is -2.34. The first-order chi connectivity index (χ1) is 14.1. The van der Waals surface area contributed by atoms with Crippen molar-refractivity contribution in [1.82, 2.24) is 0 Å². The van der Waals surface area contributed by atoms with Gasteiger partial charge >= 0.3 is 0 Å². The molecule has 0 aliphatic carbocycles. The standard InChI is InChI=1S/C23H23F2NO3S/c1-15-8-10-20(14-22(15)25)26(17(3)18-6-5-7-21(13-18)29-4)30(27,28)23-11-9-19(24)12-16(23)2/h5-14,17H,1-4H3. The van der Waals surface area contributed by atoms with Crippen LogP contribution in [0.3, 0.4) is 0 Å². The van der Waals surface area contributed by atoms with Crippen LogP contribution in [0.15, 0.2) is 65.6 Å². The van der Waals surface area contributed by atoms with Gasteiger partial charge in [0, 0.05) is 0 Å². The van der Waals surface area contributed by atoms with E-state index in [0.29, 0.717) is 16.9 Å². The average Bonchev–Trinajstić information content (AvgIpc) is 2.70. The van der Waals surface area contributed by atoms with Crippen molar-refractivity contribution in [2.24, 2.45) is 0 Å². The monoisotopic (exact) mass is 431 g/mol. The molecule has 0 amide bonds. The van der Waals surface area contributed by atoms with Crippen molar-refractivity contribution in [3.05, 3.63) is 89.0 Å². The summed E-state index contributed by atoms with van der Waals surface area (Å²) in [7, 11) is -2.62. The van der Waals surface area contributed by atoms with Gasteiger partial charge in [-0.3, -0.25) is 4.31 Å². The summed E-state index contributed by atoms with van der Waals surface area (Å²) in [6.45, 7) is 4.84. The zero-order valence-corrected chi connectivity index (χ0v) is 18.0. The van der Waals surface area contributed by atoms with Gasteiger partial charge in [-0.1, -0.05) is 18.2 Å². The average molecular weight is 432 g/mol. The van der Waals surface area contributed by atoms with Gasteiger partial charge in [0.15, 0.2) is 0 Å². The number of methoxy groups -OCH3 is 1. The highest BCUT2D eigenvalue weighted by molar-refractivity contribution is 7.92. The summed E-state index contributed by atoms with van der Waals surface area (Å²) in [4.78, 5) is -0.0420. The maximum atomic E-state index is 14.4. The third kappa shape index (κ3) is 4.16. The molecule has 0 radical (unpaired) electrons. The highest BCUT2D eigenvalue weighted by atomic mass is 32.2. The third-order valence-corrected chi connectivity index (χ3v) is 7.07. The first-order valence-corrected chi connectivity index (χ1v) is 10.8. The fourth-order valence-electron chi connectivity index (χ4n) is 3.33. The van der Waals surface area contributed by atoms with Crippen LogP contribution >= 0.6 is 0 Å². The van der Waals surface area contributed by atoms with Crippen LogP contribution in [0.25, 0.3) is 0 Å². The van der Waals surface area contributed by atoms with Crippen LogP contribution in [0.4, 0.5) is 14.5 Å². The molecule has 7 heteroatoms. The number of nitrogens with zero attached hydrogens (tertiary/aromatic N) is 1. The van der Waals surface area contributed by atoms with Crippen molar-refractivity contribution in [1.29, 1.82) is 0 Å². The zero-order valence-electron chi connectivity index (χ0n) is 17.2. The largest absolute Gasteiger partial charge is 0.497 e. The summed E-state index contributed by atoms with van der Waals surface area (Å²) < 4.78 is 61.7. The molecule has 158 valence electrons. The summed E-state index contributed by atoms with van der Waals surface area (Å²) in [6.07, 6.45) is 0. The van der Waals surface area contributed by atoms with E-state index in [0.717, 1.165) is 16.4 Å². The van der Waals surface area contributed by atoms with E-state index in [-0.39, 0.29) is 16.1 Å². The first kappa shape index (κ1) is 21.8. The van der Waals surface area contributed by atoms with Crippen LogP contribution in [0.5, 0.6) is 5.75 Å². The number of hydrogen-bond donors (Lipinski definition) is 0. The van der Waals surface area contributed by atoms with E-state index in [2.05, 4.69) is 0 Å². The summed E-state index contributed by atoms with van der Waals surface area (Å²) in [6, 6.07) is 14.1. The van der Waals surface area contributed by atoms with Crippen molar-refractivity contribution in [3.8, 4) is 5.75 Å². The molecule has 3 rings (SSSR count). The second kappa shape index (κ2) is 8.44. The molecule has 0 aromatic heterocycles. The Bertz CT molecular complexity index is 1180. The number of ether oxygens (including phenoxy) is 1. The Balaban J connectivity index is 2.22. The third-order valence-electron chi connectivity index (χ3n) is 5.01. The molecule has 1 unspecified atom stereocenters. The van der Waals surface area contributed by atoms with Crippen LogP contribution in [0.2, 0.25) is 0 Å². The van der Waals surface area contributed by atoms with Crippen molar-refractivity contribution in [2.75, 3.05) is 11.4 Å². The Labute approximate surface area is 175 Å². The van der Waals surface area contributed by atoms with Gasteiger partial charge in [-0.05, 0) is 79.9 Å². The van der Waals surface area contributed by atoms with E-state index in [9.17, 15) is 17.2 Å². The molecule has 0 N–H and O–H groups in total. The Morgan fingerprint density at radius 2 is 1.67 bits per heavy atom. The molecule has 3 aromatic rings. The minimum Gasteiger partial charge on any atom is -0.497 e. The number of anilines is 1. The normalized spacial score (nSPS) is 12.5. The lowest BCUT2D eigenvalue weighted by molar-refractivity contribution is 0.414. The fraction of sp³-hybridized carbons (Fsp3) is 0.217. The molecule has 0 spiro atoms. The maximum Gasteiger partial charge on any atom is 0.265 e. The molecule has 0 heterocycles. The second-order valence-corrected chi connectivity index (χ2v) is 8.88. The fourth-order valence-corrected chi connectivity index (χ4v) is 5.18. The van der Waals surface area contributed by atoms with Crippen molar-refractivity contribution >= 4 is 15.7 Å². The topological polar surface area (TPSA) is 46.6 Å². The Hall–Kier alpha value is -2.93. The Morgan fingerprint density at radius 1 is 0.933 bits per heavy atom. The van der Waals surface area contributed by atoms with E-state index in [4.69, 9.17) is 4.74 Å². The molecule has 0 saturated heterocycles. The van der Waals surface area contributed by atoms with Gasteiger partial charge in [0.05, 0.1) is 23.7 Å². The van der Waals surface area contributed by atoms with Gasteiger partial charge in [-0.2, -0.15) is 0 Å². The number of hydrogen-bond acceptors (Lipinski definition) is 3. The molecule has 3 aromatic carbocycles. The van der Waals surface area contributed by atoms with Crippen LogP contribution in [-0.2, 0) is 10.0 Å². The highest BCUT2D eigenvalue weighted by Gasteiger charge is 2.32. The molecule has 0 fully saturated rings. The second-order valence-electron chi connectivity index (χ2n) is 7.10. The first-order valence-electron chi connectivity index (χ1n) is 9.36. The number of aryl methyl sites for hydroxylation is 2. The van der Waals surface area contributed by atoms with Gasteiger partial charge in [0.25, 0.3) is 10.0 Å². The summed E-state index contributed by atoms with van der Waals surface area (Å²) in [5.41, 5.74) is 1.52. The maximum absolute atomic E-state index is 14.4. The minimum absolute atomic E-state index is 0.0420. The van der Waals surface area contributed by atoms with Crippen LogP contribution in [0.1, 0.15) is 29.7 Å². The molecule has 0 bridgehead atoms. The molecule has 0 aliphatic rings. The van der Waals surface area contributed by atoms with E-state index >= 15 is 0 Å². The number of sulfonamides is 1. The van der Waals surface area contributed by atoms with Crippen molar-refractivity contribution < 1.29 is 21.9 Å². The minimum atomic E-state index is -4.14. The predicted molar refractivity (Wildman–Crippen MR) is 113 cm³/mol. The molecule has 0 aliphatic heterocycles. The molecule has 4 nitrogen and oxygen atoms in total. The molecule has 0 saturated carbocycles. The smallest absolute Gasteiger partial charge is 0.265 e. The Morgan fingerprint density at radius 3 is 2.30 bits per heavy atom. The zero-order chi connectivity index (χ0) is 22.1. The molecular weight excluding hydrogens is 408 g/mol. The van der Waals surface area contributed by atoms with E-state index in [1.807, 2.05) is 0 Å². The lowest BCUT2D eigenvalue weighted by Gasteiger charge is -2.31. The quantitative estimate of drug-likeness (QED) is 0.514. The molecule has 1 atom stereocenters. The van der Waals surface area contributed by atoms with Crippen molar-refractivity contribution in [3.63, 3.8) is 0 Å². The molecule has 30 heavy (non-hydrogen) atoms. The number of benzene rings is 3. The summed E-state index contributed by atoms with van der Waals surface area (Å²) in [5.74, 6) is -0.466. The van der Waals surface area contributed by atoms with E-state index < -0.39 is 27.7 Å².